The summed E-state index contributed by atoms with van der Waals surface area (Å²) < 4.78 is 52.3. The van der Waals surface area contributed by atoms with Gasteiger partial charge in [-0.2, -0.15) is 0 Å². The first-order chi connectivity index (χ1) is 12.9. The van der Waals surface area contributed by atoms with Gasteiger partial charge < -0.3 is 5.32 Å². The van der Waals surface area contributed by atoms with Gasteiger partial charge in [-0.25, -0.2) is 17.2 Å². The molecule has 0 amide bonds. The molecule has 10 heteroatoms. The molecule has 0 bridgehead atoms. The van der Waals surface area contributed by atoms with Crippen LogP contribution in [0.2, 0.25) is 0 Å². The lowest BCUT2D eigenvalue weighted by Gasteiger charge is -2.44. The molecule has 148 valence electrons. The normalized spacial score (nSPS) is 26.5. The van der Waals surface area contributed by atoms with Crippen molar-refractivity contribution in [2.45, 2.75) is 24.1 Å². The van der Waals surface area contributed by atoms with E-state index in [1.165, 1.54) is 26.0 Å². The lowest BCUT2D eigenvalue weighted by Crippen LogP contribution is -2.63. The van der Waals surface area contributed by atoms with Crippen molar-refractivity contribution in [2.75, 3.05) is 5.75 Å². The van der Waals surface area contributed by atoms with Gasteiger partial charge in [-0.15, -0.1) is 0 Å². The summed E-state index contributed by atoms with van der Waals surface area (Å²) >= 11 is 0. The molecule has 7 nitrogen and oxygen atoms in total. The molecule has 2 aromatic carbocycles. The third-order valence-corrected chi connectivity index (χ3v) is 7.77. The van der Waals surface area contributed by atoms with Crippen LogP contribution in [0.4, 0.5) is 14.5 Å². The van der Waals surface area contributed by atoms with E-state index in [0.29, 0.717) is 0 Å². The van der Waals surface area contributed by atoms with Gasteiger partial charge >= 0.3 is 0 Å². The topological polar surface area (TPSA) is 113 Å². The minimum Gasteiger partial charge on any atom is -0.362 e. The van der Waals surface area contributed by atoms with Crippen LogP contribution in [0.15, 0.2) is 42.5 Å². The molecule has 1 saturated heterocycles. The predicted molar refractivity (Wildman–Crippen MR) is 98.8 cm³/mol. The van der Waals surface area contributed by atoms with Gasteiger partial charge in [-0.1, -0.05) is 12.1 Å². The summed E-state index contributed by atoms with van der Waals surface area (Å²) in [6.45, 7) is 2.68. The van der Waals surface area contributed by atoms with Crippen molar-refractivity contribution in [1.82, 2.24) is 5.32 Å². The van der Waals surface area contributed by atoms with Gasteiger partial charge in [-0.05, 0) is 37.6 Å². The molecule has 2 atom stereocenters. The highest BCUT2D eigenvalue weighted by Crippen LogP contribution is 2.41. The number of nitro groups is 1. The Morgan fingerprint density at radius 3 is 2.29 bits per heavy atom. The zero-order valence-electron chi connectivity index (χ0n) is 15.0. The number of nitrogens with one attached hydrogen (secondary N) is 2. The van der Waals surface area contributed by atoms with E-state index in [0.717, 1.165) is 30.3 Å². The van der Waals surface area contributed by atoms with E-state index in [-0.39, 0.29) is 11.1 Å². The molecular weight excluding hydrogens is 392 g/mol. The Morgan fingerprint density at radius 1 is 1.14 bits per heavy atom. The number of hydrogen-bond acceptors (Lipinski definition) is 5. The summed E-state index contributed by atoms with van der Waals surface area (Å²) in [6, 6.07) is 7.58. The molecule has 0 radical (unpaired) electrons. The second-order valence-corrected chi connectivity index (χ2v) is 9.39. The second kappa shape index (κ2) is 6.33. The minimum atomic E-state index is -4.09. The zero-order chi connectivity index (χ0) is 20.9. The Labute approximate surface area is 160 Å². The number of sulfone groups is 1. The van der Waals surface area contributed by atoms with Crippen molar-refractivity contribution in [2.24, 2.45) is 0 Å². The van der Waals surface area contributed by atoms with Crippen molar-refractivity contribution in [3.05, 3.63) is 75.3 Å². The van der Waals surface area contributed by atoms with Gasteiger partial charge in [0.05, 0.1) is 16.2 Å². The van der Waals surface area contributed by atoms with Crippen molar-refractivity contribution in [3.8, 4) is 0 Å². The third kappa shape index (κ3) is 2.93. The summed E-state index contributed by atoms with van der Waals surface area (Å²) in [4.78, 5) is 10.3. The highest BCUT2D eigenvalue weighted by Gasteiger charge is 2.55. The molecule has 0 aromatic heterocycles. The standard InChI is InChI=1S/C18H17F2N3O4S/c1-17(14-9-13(23(24)25)7-8-15(14)20)10-28(26,27)18(2,16(21)22-17)11-3-5-12(19)6-4-11/h3-9H,10H2,1-2H3,(H2,21,22)/t17-,18+/m0/s1. The van der Waals surface area contributed by atoms with Crippen LogP contribution in [0.5, 0.6) is 0 Å². The third-order valence-electron chi connectivity index (χ3n) is 5.13. The maximum atomic E-state index is 14.4. The van der Waals surface area contributed by atoms with Crippen molar-refractivity contribution < 1.29 is 22.1 Å². The molecule has 1 aliphatic rings. The van der Waals surface area contributed by atoms with Crippen LogP contribution in [0.3, 0.4) is 0 Å². The Morgan fingerprint density at radius 2 is 1.75 bits per heavy atom. The maximum absolute atomic E-state index is 14.4. The first-order valence-electron chi connectivity index (χ1n) is 8.21. The van der Waals surface area contributed by atoms with E-state index in [9.17, 15) is 27.3 Å². The van der Waals surface area contributed by atoms with Gasteiger partial charge in [0, 0.05) is 17.7 Å². The van der Waals surface area contributed by atoms with E-state index in [1.54, 1.807) is 0 Å². The smallest absolute Gasteiger partial charge is 0.269 e. The largest absolute Gasteiger partial charge is 0.362 e. The van der Waals surface area contributed by atoms with Gasteiger partial charge in [-0.3, -0.25) is 15.5 Å². The van der Waals surface area contributed by atoms with E-state index >= 15 is 0 Å². The average molecular weight is 409 g/mol. The molecule has 0 unspecified atom stereocenters. The van der Waals surface area contributed by atoms with E-state index in [1.807, 2.05) is 0 Å². The first kappa shape index (κ1) is 19.9. The van der Waals surface area contributed by atoms with Crippen LogP contribution in [0, 0.1) is 27.2 Å². The van der Waals surface area contributed by atoms with Crippen molar-refractivity contribution >= 4 is 21.4 Å². The SMILES string of the molecule is C[C@@]1(c2ccc(F)cc2)C(=N)N[C@](C)(c2cc([N+](=O)[O-])ccc2F)CS1(=O)=O. The Hall–Kier alpha value is -2.88. The van der Waals surface area contributed by atoms with Crippen molar-refractivity contribution in [3.63, 3.8) is 0 Å². The molecule has 1 heterocycles. The molecule has 1 fully saturated rings. The quantitative estimate of drug-likeness (QED) is 0.598. The van der Waals surface area contributed by atoms with Crippen LogP contribution in [-0.4, -0.2) is 24.9 Å². The molecule has 3 rings (SSSR count). The fourth-order valence-corrected chi connectivity index (χ4v) is 5.53. The van der Waals surface area contributed by atoms with Crippen LogP contribution < -0.4 is 5.32 Å². The Bertz CT molecular complexity index is 1090. The first-order valence-corrected chi connectivity index (χ1v) is 9.86. The molecule has 28 heavy (non-hydrogen) atoms. The monoisotopic (exact) mass is 409 g/mol. The summed E-state index contributed by atoms with van der Waals surface area (Å²) in [5.41, 5.74) is -2.02. The summed E-state index contributed by atoms with van der Waals surface area (Å²) in [6.07, 6.45) is 0. The molecule has 0 saturated carbocycles. The van der Waals surface area contributed by atoms with E-state index in [4.69, 9.17) is 5.41 Å². The van der Waals surface area contributed by atoms with Gasteiger partial charge in [0.15, 0.2) is 14.6 Å². The lowest BCUT2D eigenvalue weighted by molar-refractivity contribution is -0.385. The number of non-ortho nitro benzene ring substituents is 1. The van der Waals surface area contributed by atoms with E-state index in [2.05, 4.69) is 5.32 Å². The fourth-order valence-electron chi connectivity index (χ4n) is 3.40. The zero-order valence-corrected chi connectivity index (χ0v) is 15.8. The second-order valence-electron chi connectivity index (χ2n) is 7.05. The Kier molecular flexibility index (Phi) is 4.49. The highest BCUT2D eigenvalue weighted by atomic mass is 32.2. The summed E-state index contributed by atoms with van der Waals surface area (Å²) in [5.74, 6) is -2.43. The maximum Gasteiger partial charge on any atom is 0.269 e. The van der Waals surface area contributed by atoms with Crippen LogP contribution in [0.25, 0.3) is 0 Å². The number of rotatable bonds is 3. The molecule has 2 aromatic rings. The van der Waals surface area contributed by atoms with Gasteiger partial charge in [0.25, 0.3) is 5.69 Å². The number of nitrogens with zero attached hydrogens (tertiary/aromatic N) is 1. The summed E-state index contributed by atoms with van der Waals surface area (Å²) in [5, 5.41) is 22.1. The molecule has 0 spiro atoms. The number of benzene rings is 2. The van der Waals surface area contributed by atoms with Crippen LogP contribution in [-0.2, 0) is 20.1 Å². The average Bonchev–Trinajstić information content (AvgIpc) is 2.59. The molecule has 0 aliphatic carbocycles. The van der Waals surface area contributed by atoms with Crippen LogP contribution in [0.1, 0.15) is 25.0 Å². The molecular formula is C18H17F2N3O4S. The number of halogens is 2. The van der Waals surface area contributed by atoms with Crippen molar-refractivity contribution in [1.29, 1.82) is 5.41 Å². The Balaban J connectivity index is 2.12. The van der Waals surface area contributed by atoms with Gasteiger partial charge in [0.1, 0.15) is 17.5 Å². The molecule has 1 aliphatic heterocycles. The van der Waals surface area contributed by atoms with Gasteiger partial charge in [0.2, 0.25) is 0 Å². The number of amidine groups is 1. The predicted octanol–water partition coefficient (Wildman–Crippen LogP) is 3.00. The highest BCUT2D eigenvalue weighted by molar-refractivity contribution is 7.93. The molecule has 2 N–H and O–H groups in total. The van der Waals surface area contributed by atoms with E-state index < -0.39 is 54.0 Å². The fraction of sp³-hybridized carbons (Fsp3) is 0.278. The number of hydrogen-bond donors (Lipinski definition) is 2. The summed E-state index contributed by atoms with van der Waals surface area (Å²) in [7, 11) is -4.09. The lowest BCUT2D eigenvalue weighted by atomic mass is 9.89. The van der Waals surface area contributed by atoms with Crippen LogP contribution >= 0.6 is 0 Å². The minimum absolute atomic E-state index is 0.188. The number of nitro benzene ring substituents is 1.